The van der Waals surface area contributed by atoms with Gasteiger partial charge in [-0.25, -0.2) is 0 Å². The van der Waals surface area contributed by atoms with E-state index in [2.05, 4.69) is 30.7 Å². The number of hydrogen-bond acceptors (Lipinski definition) is 2. The molecule has 1 rings (SSSR count). The minimum atomic E-state index is -0.237. The van der Waals surface area contributed by atoms with Gasteiger partial charge in [0.1, 0.15) is 0 Å². The first-order valence-corrected chi connectivity index (χ1v) is 7.18. The van der Waals surface area contributed by atoms with Gasteiger partial charge >= 0.3 is 0 Å². The molecular weight excluding hydrogens is 403 g/mol. The zero-order valence-corrected chi connectivity index (χ0v) is 16.5. The largest absolute Gasteiger partial charge is 0.351 e. The lowest BCUT2D eigenvalue weighted by atomic mass is 9.96. The van der Waals surface area contributed by atoms with Crippen LogP contribution in [-0.2, 0) is 4.79 Å². The lowest BCUT2D eigenvalue weighted by Crippen LogP contribution is -2.66. The first kappa shape index (κ1) is 20.5. The highest BCUT2D eigenvalue weighted by molar-refractivity contribution is 14.0. The highest BCUT2D eigenvalue weighted by Crippen LogP contribution is 2.24. The molecule has 1 fully saturated rings. The van der Waals surface area contributed by atoms with E-state index in [4.69, 9.17) is 11.6 Å². The lowest BCUT2D eigenvalue weighted by molar-refractivity contribution is -0.145. The van der Waals surface area contributed by atoms with Crippen molar-refractivity contribution in [3.63, 3.8) is 0 Å². The van der Waals surface area contributed by atoms with E-state index in [0.717, 1.165) is 6.54 Å². The maximum Gasteiger partial charge on any atom is 0.242 e. The predicted octanol–water partition coefficient (Wildman–Crippen LogP) is 2.26. The van der Waals surface area contributed by atoms with Gasteiger partial charge in [0.25, 0.3) is 0 Å². The van der Waals surface area contributed by atoms with Crippen LogP contribution in [0.25, 0.3) is 0 Å². The van der Waals surface area contributed by atoms with E-state index in [-0.39, 0.29) is 41.5 Å². The molecule has 0 saturated carbocycles. The summed E-state index contributed by atoms with van der Waals surface area (Å²) in [7, 11) is 1.70. The zero-order valence-electron chi connectivity index (χ0n) is 13.4. The second-order valence-electron chi connectivity index (χ2n) is 5.94. The molecule has 0 bridgehead atoms. The van der Waals surface area contributed by atoms with Crippen LogP contribution >= 0.6 is 35.6 Å². The number of piperazine rings is 1. The van der Waals surface area contributed by atoms with Crippen LogP contribution in [0.5, 0.6) is 0 Å². The molecule has 1 aliphatic heterocycles. The summed E-state index contributed by atoms with van der Waals surface area (Å²) < 4.78 is 0. The summed E-state index contributed by atoms with van der Waals surface area (Å²) in [5.74, 6) is 0.792. The molecule has 0 unspecified atom stereocenters. The first-order valence-electron chi connectivity index (χ1n) is 6.80. The van der Waals surface area contributed by atoms with Gasteiger partial charge in [-0.3, -0.25) is 9.79 Å². The molecule has 0 aliphatic carbocycles. The standard InChI is InChI=1S/C14H25ClN4O.HI/c1-10(2)19-12(20)8-18(9-14(19,4)5)13(16-6)17-7-11(3)15;/h10H,3,7-9H2,1-2,4-6H3,(H,16,17);1H. The fraction of sp³-hybridized carbons (Fsp3) is 0.714. The van der Waals surface area contributed by atoms with Gasteiger partial charge in [0, 0.05) is 24.7 Å². The Bertz CT molecular complexity index is 423. The minimum Gasteiger partial charge on any atom is -0.351 e. The zero-order chi connectivity index (χ0) is 15.5. The van der Waals surface area contributed by atoms with Gasteiger partial charge in [-0.1, -0.05) is 18.2 Å². The molecule has 0 atom stereocenters. The molecular formula is C14H26ClIN4O. The van der Waals surface area contributed by atoms with Gasteiger partial charge < -0.3 is 15.1 Å². The lowest BCUT2D eigenvalue weighted by Gasteiger charge is -2.49. The van der Waals surface area contributed by atoms with Crippen LogP contribution in [0.15, 0.2) is 16.6 Å². The Hall–Kier alpha value is -0.500. The van der Waals surface area contributed by atoms with E-state index < -0.39 is 0 Å². The number of guanidine groups is 1. The van der Waals surface area contributed by atoms with E-state index in [9.17, 15) is 4.79 Å². The van der Waals surface area contributed by atoms with Crippen molar-refractivity contribution in [3.05, 3.63) is 11.6 Å². The van der Waals surface area contributed by atoms with Crippen molar-refractivity contribution in [1.82, 2.24) is 15.1 Å². The van der Waals surface area contributed by atoms with Crippen LogP contribution in [0.4, 0.5) is 0 Å². The van der Waals surface area contributed by atoms with Crippen LogP contribution in [-0.4, -0.2) is 59.9 Å². The number of nitrogens with zero attached hydrogens (tertiary/aromatic N) is 3. The quantitative estimate of drug-likeness (QED) is 0.426. The Morgan fingerprint density at radius 2 is 2.10 bits per heavy atom. The van der Waals surface area contributed by atoms with Gasteiger partial charge in [-0.2, -0.15) is 0 Å². The summed E-state index contributed by atoms with van der Waals surface area (Å²) >= 11 is 5.76. The molecule has 1 N–H and O–H groups in total. The van der Waals surface area contributed by atoms with Crippen LogP contribution in [0.3, 0.4) is 0 Å². The first-order chi connectivity index (χ1) is 9.19. The fourth-order valence-corrected chi connectivity index (χ4v) is 2.89. The van der Waals surface area contributed by atoms with Gasteiger partial charge in [0.05, 0.1) is 18.6 Å². The molecule has 0 spiro atoms. The molecule has 0 aromatic rings. The second-order valence-corrected chi connectivity index (χ2v) is 6.48. The molecule has 1 aliphatic rings. The van der Waals surface area contributed by atoms with Crippen molar-refractivity contribution in [1.29, 1.82) is 0 Å². The van der Waals surface area contributed by atoms with Crippen LogP contribution in [0.1, 0.15) is 27.7 Å². The smallest absolute Gasteiger partial charge is 0.242 e. The maximum atomic E-state index is 12.4. The van der Waals surface area contributed by atoms with E-state index in [0.29, 0.717) is 24.1 Å². The molecule has 0 aromatic heterocycles. The average Bonchev–Trinajstić information content (AvgIpc) is 2.26. The van der Waals surface area contributed by atoms with E-state index >= 15 is 0 Å². The van der Waals surface area contributed by atoms with Crippen LogP contribution in [0, 0.1) is 0 Å². The molecule has 0 radical (unpaired) electrons. The Kier molecular flexibility index (Phi) is 8.02. The summed E-state index contributed by atoms with van der Waals surface area (Å²) in [5, 5.41) is 3.63. The third kappa shape index (κ3) is 5.32. The van der Waals surface area contributed by atoms with Gasteiger partial charge in [-0.15, -0.1) is 24.0 Å². The number of aliphatic imine (C=N–C) groups is 1. The Balaban J connectivity index is 0.00000400. The van der Waals surface area contributed by atoms with E-state index in [1.165, 1.54) is 0 Å². The average molecular weight is 429 g/mol. The second kappa shape index (κ2) is 8.22. The molecule has 1 saturated heterocycles. The predicted molar refractivity (Wildman–Crippen MR) is 99.4 cm³/mol. The topological polar surface area (TPSA) is 47.9 Å². The Labute approximate surface area is 149 Å². The maximum absolute atomic E-state index is 12.4. The molecule has 1 amide bonds. The monoisotopic (exact) mass is 428 g/mol. The highest BCUT2D eigenvalue weighted by Gasteiger charge is 2.40. The number of amides is 1. The molecule has 122 valence electrons. The highest BCUT2D eigenvalue weighted by atomic mass is 127. The number of carbonyl (C=O) groups is 1. The summed E-state index contributed by atoms with van der Waals surface area (Å²) in [6, 6.07) is 0.192. The van der Waals surface area contributed by atoms with Crippen molar-refractivity contribution < 1.29 is 4.79 Å². The third-order valence-electron chi connectivity index (χ3n) is 3.29. The summed E-state index contributed by atoms with van der Waals surface area (Å²) in [6.07, 6.45) is 0. The Morgan fingerprint density at radius 3 is 2.48 bits per heavy atom. The number of halogens is 2. The van der Waals surface area contributed by atoms with E-state index in [1.54, 1.807) is 7.05 Å². The summed E-state index contributed by atoms with van der Waals surface area (Å²) in [5.41, 5.74) is -0.237. The molecule has 21 heavy (non-hydrogen) atoms. The summed E-state index contributed by atoms with van der Waals surface area (Å²) in [4.78, 5) is 20.5. The molecule has 5 nitrogen and oxygen atoms in total. The van der Waals surface area contributed by atoms with E-state index in [1.807, 2.05) is 23.6 Å². The Morgan fingerprint density at radius 1 is 1.52 bits per heavy atom. The number of hydrogen-bond donors (Lipinski definition) is 1. The van der Waals surface area contributed by atoms with Crippen LogP contribution in [0.2, 0.25) is 0 Å². The molecule has 1 heterocycles. The molecule has 7 heteroatoms. The van der Waals surface area contributed by atoms with Crippen molar-refractivity contribution in [2.75, 3.05) is 26.7 Å². The summed E-state index contributed by atoms with van der Waals surface area (Å²) in [6.45, 7) is 13.4. The fourth-order valence-electron chi connectivity index (χ4n) is 2.82. The van der Waals surface area contributed by atoms with Crippen molar-refractivity contribution in [2.24, 2.45) is 4.99 Å². The number of carbonyl (C=O) groups excluding carboxylic acids is 1. The number of nitrogens with one attached hydrogen (secondary N) is 1. The van der Waals surface area contributed by atoms with Gasteiger partial charge in [0.2, 0.25) is 5.91 Å². The van der Waals surface area contributed by atoms with Crippen molar-refractivity contribution in [2.45, 2.75) is 39.3 Å². The SMILES string of the molecule is C=C(Cl)CNC(=NC)N1CC(=O)N(C(C)C)C(C)(C)C1.I. The number of rotatable bonds is 3. The van der Waals surface area contributed by atoms with Gasteiger partial charge in [-0.05, 0) is 27.7 Å². The van der Waals surface area contributed by atoms with Crippen LogP contribution < -0.4 is 5.32 Å². The normalized spacial score (nSPS) is 18.6. The minimum absolute atomic E-state index is 0. The van der Waals surface area contributed by atoms with Crippen molar-refractivity contribution in [3.8, 4) is 0 Å². The van der Waals surface area contributed by atoms with Gasteiger partial charge in [0.15, 0.2) is 5.96 Å². The molecule has 0 aromatic carbocycles. The van der Waals surface area contributed by atoms with Crippen molar-refractivity contribution >= 4 is 47.4 Å². The third-order valence-corrected chi connectivity index (χ3v) is 3.42.